The average molecular weight is 639 g/mol. The van der Waals surface area contributed by atoms with Crippen molar-refractivity contribution in [1.29, 1.82) is 0 Å². The van der Waals surface area contributed by atoms with Crippen molar-refractivity contribution in [3.8, 4) is 5.75 Å². The Morgan fingerprint density at radius 3 is 2.83 bits per heavy atom. The maximum absolute atomic E-state index is 13.8. The van der Waals surface area contributed by atoms with Gasteiger partial charge in [0, 0.05) is 46.8 Å². The first-order valence-corrected chi connectivity index (χ1v) is 15.1. The Morgan fingerprint density at radius 1 is 1.11 bits per heavy atom. The van der Waals surface area contributed by atoms with Gasteiger partial charge >= 0.3 is 0 Å². The Kier molecular flexibility index (Phi) is 7.94. The molecule has 4 aliphatic rings. The molecule has 1 saturated heterocycles. The monoisotopic (exact) mass is 638 g/mol. The van der Waals surface area contributed by atoms with Gasteiger partial charge in [0.05, 0.1) is 23.9 Å². The molecule has 232 valence electrons. The topological polar surface area (TPSA) is 106 Å². The maximum atomic E-state index is 13.8. The van der Waals surface area contributed by atoms with Gasteiger partial charge in [0.15, 0.2) is 5.78 Å². The number of aliphatic hydroxyl groups excluding tert-OH is 1. The van der Waals surface area contributed by atoms with Crippen LogP contribution in [0.4, 0.5) is 21.5 Å². The summed E-state index contributed by atoms with van der Waals surface area (Å²) < 4.78 is 31.6. The number of rotatable bonds is 7. The fourth-order valence-electron chi connectivity index (χ4n) is 5.86. The number of ether oxygens (including phenoxy) is 3. The molecule has 0 aromatic heterocycles. The van der Waals surface area contributed by atoms with Crippen molar-refractivity contribution in [1.82, 2.24) is 0 Å². The maximum Gasteiger partial charge on any atom is 0.248 e. The van der Waals surface area contributed by atoms with Crippen LogP contribution in [0.15, 0.2) is 120 Å². The number of hydrogen-bond donors (Lipinski definition) is 3. The van der Waals surface area contributed by atoms with Crippen molar-refractivity contribution >= 4 is 51.1 Å². The molecular weight excluding hydrogens is 611 g/mol. The lowest BCUT2D eigenvalue weighted by Crippen LogP contribution is -2.30. The molecule has 0 spiro atoms. The number of halogens is 2. The van der Waals surface area contributed by atoms with Gasteiger partial charge < -0.3 is 30.0 Å². The van der Waals surface area contributed by atoms with Crippen molar-refractivity contribution in [2.24, 2.45) is 5.92 Å². The Labute approximate surface area is 268 Å². The quantitative estimate of drug-likeness (QED) is 0.232. The first-order valence-electron chi connectivity index (χ1n) is 14.8. The minimum atomic E-state index is -0.530. The SMILES string of the molecule is O=C1C=CC2=C(/C=C/C(=O)Nc3cc4c(Nc5ccc(F)c(Cl)c5)cccc4cc3OC3CCOC3)C3C=CC(O)=CC3OC2=C1. The van der Waals surface area contributed by atoms with E-state index in [4.69, 9.17) is 25.8 Å². The van der Waals surface area contributed by atoms with Gasteiger partial charge in [0.25, 0.3) is 0 Å². The molecule has 1 fully saturated rings. The van der Waals surface area contributed by atoms with Crippen LogP contribution in [0.3, 0.4) is 0 Å². The predicted octanol–water partition coefficient (Wildman–Crippen LogP) is 7.38. The van der Waals surface area contributed by atoms with Crippen LogP contribution in [0.25, 0.3) is 10.8 Å². The van der Waals surface area contributed by atoms with Crippen LogP contribution in [0.1, 0.15) is 6.42 Å². The molecule has 3 unspecified atom stereocenters. The summed E-state index contributed by atoms with van der Waals surface area (Å²) in [6, 6.07) is 13.8. The summed E-state index contributed by atoms with van der Waals surface area (Å²) in [5.74, 6) is -0.446. The molecule has 46 heavy (non-hydrogen) atoms. The number of anilines is 3. The van der Waals surface area contributed by atoms with Gasteiger partial charge in [0.2, 0.25) is 5.91 Å². The van der Waals surface area contributed by atoms with Crippen LogP contribution in [0.5, 0.6) is 5.75 Å². The smallest absolute Gasteiger partial charge is 0.248 e. The molecule has 3 aromatic carbocycles. The van der Waals surface area contributed by atoms with Crippen LogP contribution in [0, 0.1) is 11.7 Å². The van der Waals surface area contributed by atoms with Crippen LogP contribution in [0.2, 0.25) is 5.02 Å². The first kappa shape index (κ1) is 29.6. The van der Waals surface area contributed by atoms with E-state index in [1.165, 1.54) is 30.4 Å². The van der Waals surface area contributed by atoms with E-state index < -0.39 is 17.8 Å². The van der Waals surface area contributed by atoms with E-state index in [1.807, 2.05) is 36.4 Å². The van der Waals surface area contributed by atoms with E-state index in [2.05, 4.69) is 10.6 Å². The molecule has 0 radical (unpaired) electrons. The third-order valence-electron chi connectivity index (χ3n) is 8.08. The number of nitrogens with one attached hydrogen (secondary N) is 2. The zero-order chi connectivity index (χ0) is 31.8. The van der Waals surface area contributed by atoms with Crippen LogP contribution in [-0.2, 0) is 19.1 Å². The molecule has 3 N–H and O–H groups in total. The van der Waals surface area contributed by atoms with Gasteiger partial charge in [-0.05, 0) is 71.7 Å². The van der Waals surface area contributed by atoms with Crippen LogP contribution in [-0.4, -0.2) is 42.2 Å². The third kappa shape index (κ3) is 6.07. The molecule has 7 rings (SSSR count). The fraction of sp³-hybridized carbons (Fsp3) is 0.167. The number of hydrogen-bond acceptors (Lipinski definition) is 7. The predicted molar refractivity (Wildman–Crippen MR) is 174 cm³/mol. The minimum absolute atomic E-state index is 0.000737. The molecule has 0 bridgehead atoms. The van der Waals surface area contributed by atoms with Crippen LogP contribution >= 0.6 is 11.6 Å². The van der Waals surface area contributed by atoms with Crippen molar-refractivity contribution < 1.29 is 33.3 Å². The number of allylic oxidation sites excluding steroid dienone is 5. The number of aliphatic hydroxyl groups is 1. The van der Waals surface area contributed by atoms with E-state index in [-0.39, 0.29) is 28.6 Å². The summed E-state index contributed by atoms with van der Waals surface area (Å²) in [5, 5.41) is 18.0. The second kappa shape index (κ2) is 12.3. The molecule has 2 aliphatic heterocycles. The highest BCUT2D eigenvalue weighted by Gasteiger charge is 2.34. The van der Waals surface area contributed by atoms with E-state index in [0.717, 1.165) is 28.5 Å². The second-order valence-corrected chi connectivity index (χ2v) is 11.6. The van der Waals surface area contributed by atoms with Crippen LogP contribution < -0.4 is 15.4 Å². The Hall–Kier alpha value is -5.12. The lowest BCUT2D eigenvalue weighted by atomic mass is 9.82. The van der Waals surface area contributed by atoms with Crippen molar-refractivity contribution in [3.05, 3.63) is 131 Å². The fourth-order valence-corrected chi connectivity index (χ4v) is 6.04. The van der Waals surface area contributed by atoms with E-state index in [9.17, 15) is 19.1 Å². The highest BCUT2D eigenvalue weighted by Crippen LogP contribution is 2.40. The van der Waals surface area contributed by atoms with E-state index in [1.54, 1.807) is 30.4 Å². The van der Waals surface area contributed by atoms with E-state index in [0.29, 0.717) is 41.7 Å². The summed E-state index contributed by atoms with van der Waals surface area (Å²) in [7, 11) is 0. The second-order valence-electron chi connectivity index (χ2n) is 11.2. The lowest BCUT2D eigenvalue weighted by Gasteiger charge is -2.35. The number of ketones is 1. The summed E-state index contributed by atoms with van der Waals surface area (Å²) in [6.07, 6.45) is 12.7. The van der Waals surface area contributed by atoms with Gasteiger partial charge in [-0.15, -0.1) is 0 Å². The van der Waals surface area contributed by atoms with Crippen molar-refractivity contribution in [2.45, 2.75) is 18.6 Å². The number of carbonyl (C=O) groups is 2. The highest BCUT2D eigenvalue weighted by atomic mass is 35.5. The van der Waals surface area contributed by atoms with Gasteiger partial charge in [-0.2, -0.15) is 0 Å². The zero-order valence-corrected chi connectivity index (χ0v) is 25.1. The molecule has 2 aliphatic carbocycles. The normalized spacial score (nSPS) is 21.9. The van der Waals surface area contributed by atoms with Crippen molar-refractivity contribution in [2.75, 3.05) is 23.8 Å². The number of benzene rings is 3. The molecule has 3 atom stereocenters. The zero-order valence-electron chi connectivity index (χ0n) is 24.3. The van der Waals surface area contributed by atoms with Gasteiger partial charge in [-0.3, -0.25) is 9.59 Å². The molecule has 3 aromatic rings. The Bertz CT molecular complexity index is 1950. The summed E-state index contributed by atoms with van der Waals surface area (Å²) >= 11 is 6.01. The first-order chi connectivity index (χ1) is 22.3. The molecule has 10 heteroatoms. The molecule has 1 amide bonds. The molecule has 2 heterocycles. The van der Waals surface area contributed by atoms with Gasteiger partial charge in [0.1, 0.15) is 35.3 Å². The largest absolute Gasteiger partial charge is 0.508 e. The highest BCUT2D eigenvalue weighted by molar-refractivity contribution is 6.31. The van der Waals surface area contributed by atoms with Gasteiger partial charge in [-0.25, -0.2) is 4.39 Å². The minimum Gasteiger partial charge on any atom is -0.508 e. The molecule has 8 nitrogen and oxygen atoms in total. The number of fused-ring (bicyclic) bond motifs is 3. The Morgan fingerprint density at radius 2 is 2.00 bits per heavy atom. The summed E-state index contributed by atoms with van der Waals surface area (Å²) in [5.41, 5.74) is 3.24. The summed E-state index contributed by atoms with van der Waals surface area (Å²) in [6.45, 7) is 1.04. The van der Waals surface area contributed by atoms with E-state index >= 15 is 0 Å². The average Bonchev–Trinajstić information content (AvgIpc) is 3.54. The number of amides is 1. The number of carbonyl (C=O) groups excluding carboxylic acids is 2. The molecule has 0 saturated carbocycles. The Balaban J connectivity index is 1.22. The standard InChI is InChI=1S/C36H28ClFN2O6/c37-29-15-21(4-10-30(29)38)39-31-3-1-2-20-14-35(45-24-12-13-44-19-24)32(18-28(20)31)40-36(43)11-9-25-26-7-5-22(41)16-33(26)46-34-17-23(42)6-8-27(25)34/h1-11,14-18,24,26,33,39,41H,12-13,19H2,(H,40,43)/b11-9+. The molecular formula is C36H28ClFN2O6. The summed E-state index contributed by atoms with van der Waals surface area (Å²) in [4.78, 5) is 25.5. The van der Waals surface area contributed by atoms with Gasteiger partial charge in [-0.1, -0.05) is 35.9 Å². The third-order valence-corrected chi connectivity index (χ3v) is 8.37. The lowest BCUT2D eigenvalue weighted by molar-refractivity contribution is -0.112. The van der Waals surface area contributed by atoms with Crippen molar-refractivity contribution in [3.63, 3.8) is 0 Å².